The summed E-state index contributed by atoms with van der Waals surface area (Å²) in [6.07, 6.45) is -5.48. The molecule has 2 aromatic rings. The third kappa shape index (κ3) is 3.76. The monoisotopic (exact) mass is 345 g/mol. The Morgan fingerprint density at radius 3 is 2.61 bits per heavy atom. The second-order valence-corrected chi connectivity index (χ2v) is 5.63. The van der Waals surface area contributed by atoms with Gasteiger partial charge in [-0.2, -0.15) is 13.2 Å². The number of benzene rings is 1. The van der Waals surface area contributed by atoms with Crippen LogP contribution in [0.1, 0.15) is 33.8 Å². The Bertz CT molecular complexity index is 712. The largest absolute Gasteiger partial charge is 0.484 e. The number of hydrogen-bond acceptors (Lipinski definition) is 5. The molecular formula is C15H14F3NO3S. The minimum Gasteiger partial charge on any atom is -0.484 e. The van der Waals surface area contributed by atoms with Crippen molar-refractivity contribution in [1.82, 2.24) is 0 Å². The molecule has 0 saturated carbocycles. The maximum absolute atomic E-state index is 13.1. The van der Waals surface area contributed by atoms with Gasteiger partial charge < -0.3 is 15.2 Å². The van der Waals surface area contributed by atoms with Crippen LogP contribution in [-0.4, -0.2) is 13.1 Å². The molecule has 0 amide bonds. The van der Waals surface area contributed by atoms with E-state index in [1.165, 1.54) is 32.2 Å². The lowest BCUT2D eigenvalue weighted by Crippen LogP contribution is -2.15. The van der Waals surface area contributed by atoms with Gasteiger partial charge >= 0.3 is 12.1 Å². The van der Waals surface area contributed by atoms with Gasteiger partial charge in [0, 0.05) is 11.3 Å². The zero-order valence-electron chi connectivity index (χ0n) is 12.3. The molecule has 0 aliphatic heterocycles. The molecule has 0 unspecified atom stereocenters. The molecule has 0 saturated heterocycles. The fourth-order valence-electron chi connectivity index (χ4n) is 2.06. The summed E-state index contributed by atoms with van der Waals surface area (Å²) >= 11 is 1.09. The first-order valence-electron chi connectivity index (χ1n) is 6.53. The Labute approximate surface area is 134 Å². The van der Waals surface area contributed by atoms with E-state index in [1.807, 2.05) is 0 Å². The standard InChI is InChI=1S/C15H14F3NO3S/c1-8(22-12-5-6-23-13(12)14(20)21-2)10-4-3-9(19)7-11(10)15(16,17)18/h3-8H,19H2,1-2H3/t8-/m1/s1. The number of methoxy groups -OCH3 is 1. The van der Waals surface area contributed by atoms with E-state index in [0.29, 0.717) is 0 Å². The zero-order chi connectivity index (χ0) is 17.2. The van der Waals surface area contributed by atoms with Gasteiger partial charge in [0.25, 0.3) is 0 Å². The van der Waals surface area contributed by atoms with Gasteiger partial charge in [-0.1, -0.05) is 6.07 Å². The predicted octanol–water partition coefficient (Wildman–Crippen LogP) is 4.28. The second-order valence-electron chi connectivity index (χ2n) is 4.71. The van der Waals surface area contributed by atoms with Crippen molar-refractivity contribution in [2.75, 3.05) is 12.8 Å². The molecule has 2 rings (SSSR count). The average molecular weight is 345 g/mol. The van der Waals surface area contributed by atoms with Crippen molar-refractivity contribution in [3.05, 3.63) is 45.6 Å². The minimum absolute atomic E-state index is 0.0130. The molecule has 1 aromatic carbocycles. The van der Waals surface area contributed by atoms with Crippen LogP contribution in [0.2, 0.25) is 0 Å². The van der Waals surface area contributed by atoms with Crippen LogP contribution in [0.15, 0.2) is 29.6 Å². The van der Waals surface area contributed by atoms with Crippen molar-refractivity contribution in [2.45, 2.75) is 19.2 Å². The van der Waals surface area contributed by atoms with Crippen LogP contribution in [-0.2, 0) is 10.9 Å². The molecule has 0 aliphatic carbocycles. The summed E-state index contributed by atoms with van der Waals surface area (Å²) in [6.45, 7) is 1.47. The van der Waals surface area contributed by atoms with E-state index >= 15 is 0 Å². The summed E-state index contributed by atoms with van der Waals surface area (Å²) in [5.74, 6) is -0.421. The lowest BCUT2D eigenvalue weighted by atomic mass is 10.0. The summed E-state index contributed by atoms with van der Waals surface area (Å²) in [5.41, 5.74) is 4.53. The molecule has 124 valence electrons. The highest BCUT2D eigenvalue weighted by Gasteiger charge is 2.35. The minimum atomic E-state index is -4.55. The average Bonchev–Trinajstić information content (AvgIpc) is 2.93. The normalized spacial score (nSPS) is 12.7. The van der Waals surface area contributed by atoms with E-state index in [0.717, 1.165) is 17.4 Å². The number of carbonyl (C=O) groups is 1. The molecular weight excluding hydrogens is 331 g/mol. The molecule has 1 aromatic heterocycles. The molecule has 4 nitrogen and oxygen atoms in total. The lowest BCUT2D eigenvalue weighted by molar-refractivity contribution is -0.138. The second kappa shape index (κ2) is 6.49. The van der Waals surface area contributed by atoms with Crippen LogP contribution in [0.3, 0.4) is 0 Å². The summed E-state index contributed by atoms with van der Waals surface area (Å²) in [5, 5.41) is 1.60. The van der Waals surface area contributed by atoms with Crippen molar-refractivity contribution in [1.29, 1.82) is 0 Å². The zero-order valence-corrected chi connectivity index (χ0v) is 13.1. The van der Waals surface area contributed by atoms with E-state index in [-0.39, 0.29) is 21.9 Å². The maximum Gasteiger partial charge on any atom is 0.416 e. The first-order chi connectivity index (χ1) is 10.7. The molecule has 1 atom stereocenters. The number of esters is 1. The molecule has 0 bridgehead atoms. The summed E-state index contributed by atoms with van der Waals surface area (Å²) in [6, 6.07) is 5.02. The van der Waals surface area contributed by atoms with Crippen molar-refractivity contribution < 1.29 is 27.4 Å². The fraction of sp³-hybridized carbons (Fsp3) is 0.267. The van der Waals surface area contributed by atoms with Gasteiger partial charge in [-0.05, 0) is 30.5 Å². The van der Waals surface area contributed by atoms with Crippen LogP contribution in [0.25, 0.3) is 0 Å². The summed E-state index contributed by atoms with van der Waals surface area (Å²) < 4.78 is 49.6. The van der Waals surface area contributed by atoms with Gasteiger partial charge in [0.05, 0.1) is 12.7 Å². The summed E-state index contributed by atoms with van der Waals surface area (Å²) in [4.78, 5) is 11.8. The third-order valence-electron chi connectivity index (χ3n) is 3.12. The molecule has 2 N–H and O–H groups in total. The van der Waals surface area contributed by atoms with Gasteiger partial charge in [0.1, 0.15) is 11.9 Å². The van der Waals surface area contributed by atoms with E-state index in [9.17, 15) is 18.0 Å². The van der Waals surface area contributed by atoms with Crippen LogP contribution in [0, 0.1) is 0 Å². The Hall–Kier alpha value is -2.22. The maximum atomic E-state index is 13.1. The summed E-state index contributed by atoms with van der Waals surface area (Å²) in [7, 11) is 1.22. The van der Waals surface area contributed by atoms with Crippen LogP contribution in [0.5, 0.6) is 5.75 Å². The van der Waals surface area contributed by atoms with Crippen molar-refractivity contribution in [3.63, 3.8) is 0 Å². The van der Waals surface area contributed by atoms with Crippen LogP contribution < -0.4 is 10.5 Å². The number of alkyl halides is 3. The van der Waals surface area contributed by atoms with Crippen molar-refractivity contribution in [2.24, 2.45) is 0 Å². The van der Waals surface area contributed by atoms with Crippen LogP contribution >= 0.6 is 11.3 Å². The molecule has 0 fully saturated rings. The first kappa shape index (κ1) is 17.1. The van der Waals surface area contributed by atoms with Gasteiger partial charge in [-0.15, -0.1) is 11.3 Å². The van der Waals surface area contributed by atoms with Crippen molar-refractivity contribution >= 4 is 23.0 Å². The topological polar surface area (TPSA) is 61.5 Å². The number of carbonyl (C=O) groups excluding carboxylic acids is 1. The smallest absolute Gasteiger partial charge is 0.416 e. The number of nitrogen functional groups attached to an aromatic ring is 1. The van der Waals surface area contributed by atoms with E-state index in [2.05, 4.69) is 4.74 Å². The number of thiophene rings is 1. The number of ether oxygens (including phenoxy) is 2. The Kier molecular flexibility index (Phi) is 4.84. The number of nitrogens with two attached hydrogens (primary N) is 1. The lowest BCUT2D eigenvalue weighted by Gasteiger charge is -2.20. The van der Waals surface area contributed by atoms with E-state index in [4.69, 9.17) is 10.5 Å². The Morgan fingerprint density at radius 2 is 2.00 bits per heavy atom. The van der Waals surface area contributed by atoms with Crippen LogP contribution in [0.4, 0.5) is 18.9 Å². The van der Waals surface area contributed by atoms with Gasteiger partial charge in [-0.25, -0.2) is 4.79 Å². The number of anilines is 1. The molecule has 0 radical (unpaired) electrons. The van der Waals surface area contributed by atoms with Gasteiger partial charge in [0.15, 0.2) is 4.88 Å². The van der Waals surface area contributed by atoms with E-state index < -0.39 is 23.8 Å². The fourth-order valence-corrected chi connectivity index (χ4v) is 2.80. The van der Waals surface area contributed by atoms with Gasteiger partial charge in [-0.3, -0.25) is 0 Å². The number of hydrogen-bond donors (Lipinski definition) is 1. The molecule has 23 heavy (non-hydrogen) atoms. The highest BCUT2D eigenvalue weighted by atomic mass is 32.1. The van der Waals surface area contributed by atoms with Gasteiger partial charge in [0.2, 0.25) is 0 Å². The predicted molar refractivity (Wildman–Crippen MR) is 80.6 cm³/mol. The molecule has 8 heteroatoms. The molecule has 0 aliphatic rings. The van der Waals surface area contributed by atoms with Crippen molar-refractivity contribution in [3.8, 4) is 5.75 Å². The highest BCUT2D eigenvalue weighted by molar-refractivity contribution is 7.12. The van der Waals surface area contributed by atoms with E-state index in [1.54, 1.807) is 5.38 Å². The molecule has 1 heterocycles. The Balaban J connectivity index is 2.34. The Morgan fingerprint density at radius 1 is 1.30 bits per heavy atom. The number of halogens is 3. The SMILES string of the molecule is COC(=O)c1sccc1O[C@H](C)c1ccc(N)cc1C(F)(F)F. The molecule has 0 spiro atoms. The highest BCUT2D eigenvalue weighted by Crippen LogP contribution is 2.38. The number of rotatable bonds is 4. The quantitative estimate of drug-likeness (QED) is 0.664. The first-order valence-corrected chi connectivity index (χ1v) is 7.41. The third-order valence-corrected chi connectivity index (χ3v) is 4.00.